The molecule has 10 heteroatoms. The molecule has 0 unspecified atom stereocenters. The van der Waals surface area contributed by atoms with E-state index in [9.17, 15) is 24.3 Å². The Labute approximate surface area is 141 Å². The molecule has 0 saturated carbocycles. The third-order valence-electron chi connectivity index (χ3n) is 3.38. The highest BCUT2D eigenvalue weighted by molar-refractivity contribution is 5.98. The number of rotatable bonds is 4. The lowest BCUT2D eigenvalue weighted by Gasteiger charge is -2.11. The Morgan fingerprint density at radius 3 is 2.56 bits per heavy atom. The van der Waals surface area contributed by atoms with Gasteiger partial charge in [-0.15, -0.1) is 0 Å². The molecule has 1 aromatic carbocycles. The molecule has 1 heterocycles. The Morgan fingerprint density at radius 2 is 1.88 bits per heavy atom. The van der Waals surface area contributed by atoms with Crippen LogP contribution in [0, 0.1) is 0 Å². The molecule has 0 radical (unpaired) electrons. The predicted molar refractivity (Wildman–Crippen MR) is 88.4 cm³/mol. The third-order valence-corrected chi connectivity index (χ3v) is 3.38. The molecule has 0 bridgehead atoms. The van der Waals surface area contributed by atoms with Crippen LogP contribution in [-0.4, -0.2) is 32.7 Å². The number of carbonyl (C=O) groups excluding carboxylic acids is 2. The fourth-order valence-corrected chi connectivity index (χ4v) is 1.96. The van der Waals surface area contributed by atoms with Crippen molar-refractivity contribution in [3.63, 3.8) is 0 Å². The molecule has 0 saturated heterocycles. The van der Waals surface area contributed by atoms with E-state index < -0.39 is 29.7 Å². The molecule has 2 aromatic rings. The second-order valence-electron chi connectivity index (χ2n) is 5.16. The van der Waals surface area contributed by atoms with Crippen molar-refractivity contribution in [3.8, 4) is 5.75 Å². The summed E-state index contributed by atoms with van der Waals surface area (Å²) in [7, 11) is 2.68. The number of aromatic nitrogens is 2. The number of ether oxygens (including phenoxy) is 1. The van der Waals surface area contributed by atoms with Gasteiger partial charge in [0, 0.05) is 25.8 Å². The lowest BCUT2D eigenvalue weighted by atomic mass is 10.2. The van der Waals surface area contributed by atoms with Crippen LogP contribution in [0.3, 0.4) is 0 Å². The predicted octanol–water partition coefficient (Wildman–Crippen LogP) is -0.833. The third kappa shape index (κ3) is 3.86. The first kappa shape index (κ1) is 17.8. The highest BCUT2D eigenvalue weighted by Gasteiger charge is 2.15. The second kappa shape index (κ2) is 6.91. The van der Waals surface area contributed by atoms with E-state index in [2.05, 4.69) is 5.32 Å². The quantitative estimate of drug-likeness (QED) is 0.371. The zero-order valence-electron chi connectivity index (χ0n) is 13.5. The van der Waals surface area contributed by atoms with Crippen molar-refractivity contribution in [2.45, 2.75) is 0 Å². The Balaban J connectivity index is 2.07. The van der Waals surface area contributed by atoms with E-state index in [-0.39, 0.29) is 22.8 Å². The number of benzene rings is 1. The van der Waals surface area contributed by atoms with Gasteiger partial charge in [-0.1, -0.05) is 0 Å². The van der Waals surface area contributed by atoms with Crippen LogP contribution >= 0.6 is 0 Å². The first-order chi connectivity index (χ1) is 11.7. The van der Waals surface area contributed by atoms with Crippen LogP contribution in [0.5, 0.6) is 5.75 Å². The van der Waals surface area contributed by atoms with Crippen LogP contribution in [-0.2, 0) is 23.6 Å². The highest BCUT2D eigenvalue weighted by Crippen LogP contribution is 2.19. The number of nitrogens with zero attached hydrogens (tertiary/aromatic N) is 2. The number of nitrogens with one attached hydrogen (secondary N) is 1. The van der Waals surface area contributed by atoms with E-state index in [1.54, 1.807) is 0 Å². The molecule has 132 valence electrons. The van der Waals surface area contributed by atoms with Gasteiger partial charge in [-0.3, -0.25) is 18.7 Å². The maximum atomic E-state index is 11.9. The molecule has 0 aliphatic carbocycles. The number of anilines is 2. The van der Waals surface area contributed by atoms with Gasteiger partial charge in [-0.25, -0.2) is 9.59 Å². The van der Waals surface area contributed by atoms with Crippen molar-refractivity contribution in [1.82, 2.24) is 9.13 Å². The number of aromatic hydroxyl groups is 1. The van der Waals surface area contributed by atoms with Gasteiger partial charge >= 0.3 is 11.7 Å². The minimum absolute atomic E-state index is 0.0361. The fourth-order valence-electron chi connectivity index (χ4n) is 1.96. The SMILES string of the molecule is Cn1c(NC(=O)COC(=O)c2cc(O)ccc2N)cc(=O)n(C)c1=O. The summed E-state index contributed by atoms with van der Waals surface area (Å²) in [5.41, 5.74) is 4.38. The van der Waals surface area contributed by atoms with Crippen molar-refractivity contribution in [2.75, 3.05) is 17.7 Å². The maximum Gasteiger partial charge on any atom is 0.340 e. The largest absolute Gasteiger partial charge is 0.508 e. The summed E-state index contributed by atoms with van der Waals surface area (Å²) < 4.78 is 6.75. The molecular formula is C15H16N4O6. The van der Waals surface area contributed by atoms with Gasteiger partial charge in [0.1, 0.15) is 11.6 Å². The van der Waals surface area contributed by atoms with E-state index in [0.29, 0.717) is 0 Å². The lowest BCUT2D eigenvalue weighted by Crippen LogP contribution is -2.38. The van der Waals surface area contributed by atoms with E-state index in [0.717, 1.165) is 21.3 Å². The van der Waals surface area contributed by atoms with Crippen LogP contribution in [0.1, 0.15) is 10.4 Å². The number of hydrogen-bond acceptors (Lipinski definition) is 7. The molecule has 0 aliphatic heterocycles. The van der Waals surface area contributed by atoms with Crippen LogP contribution < -0.4 is 22.3 Å². The van der Waals surface area contributed by atoms with Crippen LogP contribution in [0.4, 0.5) is 11.5 Å². The van der Waals surface area contributed by atoms with E-state index in [1.165, 1.54) is 26.2 Å². The number of hydrogen-bond donors (Lipinski definition) is 3. The monoisotopic (exact) mass is 348 g/mol. The van der Waals surface area contributed by atoms with E-state index in [4.69, 9.17) is 10.5 Å². The molecular weight excluding hydrogens is 332 g/mol. The van der Waals surface area contributed by atoms with Crippen molar-refractivity contribution < 1.29 is 19.4 Å². The molecule has 10 nitrogen and oxygen atoms in total. The van der Waals surface area contributed by atoms with Crippen LogP contribution in [0.15, 0.2) is 33.9 Å². The molecule has 1 amide bonds. The maximum absolute atomic E-state index is 11.9. The van der Waals surface area contributed by atoms with Gasteiger partial charge in [-0.2, -0.15) is 0 Å². The number of amides is 1. The summed E-state index contributed by atoms with van der Waals surface area (Å²) in [6, 6.07) is 4.80. The minimum atomic E-state index is -0.901. The van der Waals surface area contributed by atoms with Gasteiger partial charge < -0.3 is 20.9 Å². The molecule has 25 heavy (non-hydrogen) atoms. The van der Waals surface area contributed by atoms with Crippen molar-refractivity contribution >= 4 is 23.4 Å². The number of nitrogen functional groups attached to an aromatic ring is 1. The zero-order chi connectivity index (χ0) is 18.7. The van der Waals surface area contributed by atoms with Gasteiger partial charge in [0.15, 0.2) is 6.61 Å². The van der Waals surface area contributed by atoms with Gasteiger partial charge in [0.25, 0.3) is 11.5 Å². The van der Waals surface area contributed by atoms with Crippen LogP contribution in [0.25, 0.3) is 0 Å². The number of nitrogens with two attached hydrogens (primary N) is 1. The Hall–Kier alpha value is -3.56. The van der Waals surface area contributed by atoms with Crippen molar-refractivity contribution in [3.05, 3.63) is 50.7 Å². The first-order valence-electron chi connectivity index (χ1n) is 7.03. The highest BCUT2D eigenvalue weighted by atomic mass is 16.5. The summed E-state index contributed by atoms with van der Waals surface area (Å²) >= 11 is 0. The summed E-state index contributed by atoms with van der Waals surface area (Å²) in [6.45, 7) is -0.669. The topological polar surface area (TPSA) is 146 Å². The summed E-state index contributed by atoms with van der Waals surface area (Å²) in [4.78, 5) is 47.1. The molecule has 0 fully saturated rings. The summed E-state index contributed by atoms with van der Waals surface area (Å²) in [6.07, 6.45) is 0. The summed E-state index contributed by atoms with van der Waals surface area (Å²) in [5, 5.41) is 11.7. The molecule has 0 aliphatic rings. The van der Waals surface area contributed by atoms with Crippen molar-refractivity contribution in [2.24, 2.45) is 14.1 Å². The minimum Gasteiger partial charge on any atom is -0.508 e. The molecule has 1 aromatic heterocycles. The number of phenolic OH excluding ortho intramolecular Hbond substituents is 1. The number of esters is 1. The Morgan fingerprint density at radius 1 is 1.20 bits per heavy atom. The molecule has 2 rings (SSSR count). The smallest absolute Gasteiger partial charge is 0.340 e. The van der Waals surface area contributed by atoms with E-state index >= 15 is 0 Å². The van der Waals surface area contributed by atoms with Crippen LogP contribution in [0.2, 0.25) is 0 Å². The molecule has 0 atom stereocenters. The van der Waals surface area contributed by atoms with Gasteiger partial charge in [-0.05, 0) is 18.2 Å². The molecule has 0 spiro atoms. The van der Waals surface area contributed by atoms with Gasteiger partial charge in [0.05, 0.1) is 5.56 Å². The van der Waals surface area contributed by atoms with E-state index in [1.807, 2.05) is 0 Å². The number of carbonyl (C=O) groups is 2. The molecule has 4 N–H and O–H groups in total. The lowest BCUT2D eigenvalue weighted by molar-refractivity contribution is -0.119. The summed E-state index contributed by atoms with van der Waals surface area (Å²) in [5.74, 6) is -1.87. The average Bonchev–Trinajstić information content (AvgIpc) is 2.57. The standard InChI is InChI=1S/C15H16N4O6/c1-18-11(6-13(22)19(2)15(18)24)17-12(21)7-25-14(23)9-5-8(20)3-4-10(9)16/h3-6,20H,7,16H2,1-2H3,(H,17,21). The Kier molecular flexibility index (Phi) is 4.92. The van der Waals surface area contributed by atoms with Crippen molar-refractivity contribution in [1.29, 1.82) is 0 Å². The second-order valence-corrected chi connectivity index (χ2v) is 5.16. The zero-order valence-corrected chi connectivity index (χ0v) is 13.5. The average molecular weight is 348 g/mol. The Bertz CT molecular complexity index is 959. The fraction of sp³-hybridized carbons (Fsp3) is 0.200. The van der Waals surface area contributed by atoms with Gasteiger partial charge in [0.2, 0.25) is 0 Å². The first-order valence-corrected chi connectivity index (χ1v) is 7.03. The normalized spacial score (nSPS) is 10.3. The number of phenols is 1.